The minimum atomic E-state index is -4.33. The molecule has 0 spiro atoms. The van der Waals surface area contributed by atoms with Gasteiger partial charge in [-0.05, 0) is 12.8 Å². The number of rotatable bonds is 6. The van der Waals surface area contributed by atoms with E-state index in [4.69, 9.17) is 5.11 Å². The van der Waals surface area contributed by atoms with Crippen molar-refractivity contribution in [1.29, 1.82) is 0 Å². The van der Waals surface area contributed by atoms with E-state index in [1.807, 2.05) is 0 Å². The first-order valence-electron chi connectivity index (χ1n) is 5.94. The third-order valence-corrected chi connectivity index (χ3v) is 3.44. The first-order chi connectivity index (χ1) is 8.40. The van der Waals surface area contributed by atoms with Gasteiger partial charge in [-0.2, -0.15) is 13.2 Å². The molecule has 0 bridgehead atoms. The fraction of sp³-hybridized carbons (Fsp3) is 0.833. The van der Waals surface area contributed by atoms with Gasteiger partial charge in [-0.25, -0.2) is 0 Å². The van der Waals surface area contributed by atoms with E-state index in [9.17, 15) is 22.8 Å². The Labute approximate surface area is 110 Å². The van der Waals surface area contributed by atoms with Crippen molar-refractivity contribution >= 4 is 11.9 Å². The van der Waals surface area contributed by atoms with Crippen molar-refractivity contribution in [2.75, 3.05) is 13.6 Å². The predicted octanol–water partition coefficient (Wildman–Crippen LogP) is 2.53. The Morgan fingerprint density at radius 1 is 1.26 bits per heavy atom. The summed E-state index contributed by atoms with van der Waals surface area (Å²) in [7, 11) is 1.25. The first-order valence-corrected chi connectivity index (χ1v) is 5.94. The molecule has 0 aliphatic heterocycles. The predicted molar refractivity (Wildman–Crippen MR) is 63.5 cm³/mol. The number of carbonyl (C=O) groups is 2. The lowest BCUT2D eigenvalue weighted by atomic mass is 9.76. The Morgan fingerprint density at radius 2 is 1.74 bits per heavy atom. The van der Waals surface area contributed by atoms with Crippen LogP contribution in [0.3, 0.4) is 0 Å². The number of hydrogen-bond acceptors (Lipinski definition) is 2. The number of amides is 1. The molecule has 1 N–H and O–H groups in total. The molecular weight excluding hydrogens is 263 g/mol. The molecule has 0 radical (unpaired) electrons. The quantitative estimate of drug-likeness (QED) is 0.815. The number of aliphatic carboxylic acids is 1. The molecule has 0 fully saturated rings. The lowest BCUT2D eigenvalue weighted by molar-refractivity contribution is -0.157. The van der Waals surface area contributed by atoms with Crippen molar-refractivity contribution in [2.45, 2.75) is 39.8 Å². The molecule has 0 aliphatic carbocycles. The highest BCUT2D eigenvalue weighted by Crippen LogP contribution is 2.32. The molecule has 0 aromatic carbocycles. The minimum absolute atomic E-state index is 0.301. The minimum Gasteiger partial charge on any atom is -0.481 e. The molecule has 19 heavy (non-hydrogen) atoms. The summed E-state index contributed by atoms with van der Waals surface area (Å²) in [6, 6.07) is 0. The SMILES string of the molecule is CC(C)C(C)(CC(=O)N(C)CCC(F)(F)F)C(=O)O. The van der Waals surface area contributed by atoms with Gasteiger partial charge >= 0.3 is 12.1 Å². The normalized spacial score (nSPS) is 15.2. The highest BCUT2D eigenvalue weighted by molar-refractivity contribution is 5.84. The lowest BCUT2D eigenvalue weighted by Gasteiger charge is -2.30. The fourth-order valence-corrected chi connectivity index (χ4v) is 1.39. The van der Waals surface area contributed by atoms with Gasteiger partial charge < -0.3 is 10.0 Å². The van der Waals surface area contributed by atoms with E-state index in [1.54, 1.807) is 13.8 Å². The average molecular weight is 283 g/mol. The summed E-state index contributed by atoms with van der Waals surface area (Å²) in [5, 5.41) is 9.14. The maximum Gasteiger partial charge on any atom is 0.390 e. The van der Waals surface area contributed by atoms with Crippen LogP contribution in [0.15, 0.2) is 0 Å². The van der Waals surface area contributed by atoms with Gasteiger partial charge in [0, 0.05) is 20.0 Å². The van der Waals surface area contributed by atoms with Crippen molar-refractivity contribution in [3.8, 4) is 0 Å². The average Bonchev–Trinajstić information content (AvgIpc) is 2.23. The van der Waals surface area contributed by atoms with Crippen molar-refractivity contribution in [3.05, 3.63) is 0 Å². The molecule has 0 saturated heterocycles. The number of carboxylic acids is 1. The van der Waals surface area contributed by atoms with Crippen molar-refractivity contribution < 1.29 is 27.9 Å². The highest BCUT2D eigenvalue weighted by atomic mass is 19.4. The van der Waals surface area contributed by atoms with Crippen LogP contribution in [0.2, 0.25) is 0 Å². The van der Waals surface area contributed by atoms with Crippen LogP contribution in [0.5, 0.6) is 0 Å². The van der Waals surface area contributed by atoms with Gasteiger partial charge in [-0.1, -0.05) is 13.8 Å². The first kappa shape index (κ1) is 17.7. The molecule has 0 heterocycles. The summed E-state index contributed by atoms with van der Waals surface area (Å²) in [5.41, 5.74) is -1.27. The van der Waals surface area contributed by atoms with Gasteiger partial charge in [-0.3, -0.25) is 9.59 Å². The van der Waals surface area contributed by atoms with Crippen LogP contribution in [0, 0.1) is 11.3 Å². The molecule has 0 aromatic heterocycles. The third-order valence-electron chi connectivity index (χ3n) is 3.44. The summed E-state index contributed by atoms with van der Waals surface area (Å²) in [6.45, 7) is 4.29. The summed E-state index contributed by atoms with van der Waals surface area (Å²) in [6.07, 6.45) is -5.74. The molecule has 0 aromatic rings. The molecule has 1 amide bonds. The van der Waals surface area contributed by atoms with Crippen LogP contribution >= 0.6 is 0 Å². The van der Waals surface area contributed by atoms with Crippen molar-refractivity contribution in [2.24, 2.45) is 11.3 Å². The van der Waals surface area contributed by atoms with E-state index >= 15 is 0 Å². The Kier molecular flexibility index (Phi) is 5.83. The van der Waals surface area contributed by atoms with Gasteiger partial charge in [0.25, 0.3) is 0 Å². The van der Waals surface area contributed by atoms with Gasteiger partial charge in [0.05, 0.1) is 11.8 Å². The monoisotopic (exact) mass is 283 g/mol. The van der Waals surface area contributed by atoms with E-state index in [1.165, 1.54) is 14.0 Å². The van der Waals surface area contributed by atoms with Gasteiger partial charge in [0.1, 0.15) is 0 Å². The molecule has 112 valence electrons. The van der Waals surface area contributed by atoms with Crippen LogP contribution < -0.4 is 0 Å². The van der Waals surface area contributed by atoms with Crippen LogP contribution in [-0.4, -0.2) is 41.7 Å². The maximum atomic E-state index is 12.0. The Hall–Kier alpha value is -1.27. The van der Waals surface area contributed by atoms with E-state index < -0.39 is 36.4 Å². The number of carbonyl (C=O) groups excluding carboxylic acids is 1. The van der Waals surface area contributed by atoms with Gasteiger partial charge in [0.2, 0.25) is 5.91 Å². The van der Waals surface area contributed by atoms with Crippen molar-refractivity contribution in [1.82, 2.24) is 4.90 Å². The van der Waals surface area contributed by atoms with E-state index in [2.05, 4.69) is 0 Å². The zero-order valence-corrected chi connectivity index (χ0v) is 11.5. The van der Waals surface area contributed by atoms with Gasteiger partial charge in [-0.15, -0.1) is 0 Å². The second kappa shape index (κ2) is 6.25. The summed E-state index contributed by atoms with van der Waals surface area (Å²) < 4.78 is 36.1. The van der Waals surface area contributed by atoms with Crippen LogP contribution in [0.25, 0.3) is 0 Å². The van der Waals surface area contributed by atoms with E-state index in [0.29, 0.717) is 0 Å². The van der Waals surface area contributed by atoms with Crippen molar-refractivity contribution in [3.63, 3.8) is 0 Å². The Balaban J connectivity index is 4.63. The largest absolute Gasteiger partial charge is 0.481 e. The third kappa shape index (κ3) is 5.48. The second-order valence-electron chi connectivity index (χ2n) is 5.23. The zero-order chi connectivity index (χ0) is 15.4. The molecule has 0 saturated carbocycles. The standard InChI is InChI=1S/C12H20F3NO3/c1-8(2)11(3,10(18)19)7-9(17)16(4)6-5-12(13,14)15/h8H,5-7H2,1-4H3,(H,18,19). The van der Waals surface area contributed by atoms with E-state index in [0.717, 1.165) is 4.90 Å². The second-order valence-corrected chi connectivity index (χ2v) is 5.23. The zero-order valence-electron chi connectivity index (χ0n) is 11.5. The maximum absolute atomic E-state index is 12.0. The molecule has 7 heteroatoms. The number of hydrogen-bond donors (Lipinski definition) is 1. The number of carboxylic acid groups (broad SMARTS) is 1. The van der Waals surface area contributed by atoms with Crippen LogP contribution in [-0.2, 0) is 9.59 Å². The molecule has 1 unspecified atom stereocenters. The summed E-state index contributed by atoms with van der Waals surface area (Å²) in [4.78, 5) is 23.9. The topological polar surface area (TPSA) is 57.6 Å². The number of halogens is 3. The summed E-state index contributed by atoms with van der Waals surface area (Å²) >= 11 is 0. The van der Waals surface area contributed by atoms with Crippen LogP contribution in [0.4, 0.5) is 13.2 Å². The summed E-state index contributed by atoms with van der Waals surface area (Å²) in [5.74, 6) is -2.02. The van der Waals surface area contributed by atoms with Crippen LogP contribution in [0.1, 0.15) is 33.6 Å². The van der Waals surface area contributed by atoms with E-state index in [-0.39, 0.29) is 12.3 Å². The highest BCUT2D eigenvalue weighted by Gasteiger charge is 2.39. The molecule has 1 atom stereocenters. The lowest BCUT2D eigenvalue weighted by Crippen LogP contribution is -2.40. The fourth-order valence-electron chi connectivity index (χ4n) is 1.39. The Morgan fingerprint density at radius 3 is 2.05 bits per heavy atom. The molecule has 4 nitrogen and oxygen atoms in total. The number of alkyl halides is 3. The molecular formula is C12H20F3NO3. The smallest absolute Gasteiger partial charge is 0.390 e. The number of nitrogens with zero attached hydrogens (tertiary/aromatic N) is 1. The molecule has 0 aliphatic rings. The van der Waals surface area contributed by atoms with Gasteiger partial charge in [0.15, 0.2) is 0 Å². The molecule has 0 rings (SSSR count). The Bertz CT molecular complexity index is 342.